The number of Topliss-reactive ketones (excluding diaryl/α,β-unsaturated/α-hetero) is 1. The molecule has 0 aromatic heterocycles. The summed E-state index contributed by atoms with van der Waals surface area (Å²) in [6, 6.07) is 2.91. The van der Waals surface area contributed by atoms with Crippen molar-refractivity contribution in [3.8, 4) is 6.07 Å². The zero-order chi connectivity index (χ0) is 12.3. The summed E-state index contributed by atoms with van der Waals surface area (Å²) in [4.78, 5) is 14.4. The van der Waals surface area contributed by atoms with Crippen molar-refractivity contribution >= 4 is 5.78 Å². The molecule has 0 aromatic carbocycles. The monoisotopic (exact) mass is 236 g/mol. The number of unbranched alkanes of at least 4 members (excludes halogenated alkanes) is 1. The lowest BCUT2D eigenvalue weighted by molar-refractivity contribution is -0.131. The van der Waals surface area contributed by atoms with Gasteiger partial charge in [-0.1, -0.05) is 0 Å². The SMILES string of the molecule is CN1C2COCC1CC(C(=O)CCCC#N)C2. The molecule has 2 atom stereocenters. The zero-order valence-electron chi connectivity index (χ0n) is 10.4. The van der Waals surface area contributed by atoms with Crippen molar-refractivity contribution in [3.05, 3.63) is 0 Å². The molecule has 17 heavy (non-hydrogen) atoms. The second-order valence-electron chi connectivity index (χ2n) is 5.16. The first-order chi connectivity index (χ1) is 8.22. The first-order valence-corrected chi connectivity index (χ1v) is 6.41. The lowest BCUT2D eigenvalue weighted by atomic mass is 9.81. The predicted octanol–water partition coefficient (Wildman–Crippen LogP) is 1.36. The van der Waals surface area contributed by atoms with Gasteiger partial charge in [0.05, 0.1) is 19.3 Å². The molecule has 2 saturated heterocycles. The van der Waals surface area contributed by atoms with Crippen LogP contribution in [0.25, 0.3) is 0 Å². The molecule has 4 nitrogen and oxygen atoms in total. The van der Waals surface area contributed by atoms with Gasteiger partial charge in [0.2, 0.25) is 0 Å². The third kappa shape index (κ3) is 2.85. The van der Waals surface area contributed by atoms with Crippen molar-refractivity contribution in [2.24, 2.45) is 5.92 Å². The number of morpholine rings is 1. The van der Waals surface area contributed by atoms with E-state index in [-0.39, 0.29) is 5.92 Å². The Balaban J connectivity index is 1.87. The van der Waals surface area contributed by atoms with Crippen LogP contribution in [0.1, 0.15) is 32.1 Å². The van der Waals surface area contributed by atoms with E-state index in [1.54, 1.807) is 0 Å². The van der Waals surface area contributed by atoms with Crippen molar-refractivity contribution in [1.82, 2.24) is 4.90 Å². The van der Waals surface area contributed by atoms with Crippen molar-refractivity contribution in [1.29, 1.82) is 5.26 Å². The maximum atomic E-state index is 12.0. The first kappa shape index (κ1) is 12.5. The molecular formula is C13H20N2O2. The Kier molecular flexibility index (Phi) is 4.14. The Labute approximate surface area is 103 Å². The van der Waals surface area contributed by atoms with E-state index >= 15 is 0 Å². The number of carbonyl (C=O) groups excluding carboxylic acids is 1. The van der Waals surface area contributed by atoms with Gasteiger partial charge >= 0.3 is 0 Å². The van der Waals surface area contributed by atoms with Crippen molar-refractivity contribution in [2.75, 3.05) is 20.3 Å². The molecule has 2 aliphatic heterocycles. The average Bonchev–Trinajstić information content (AvgIpc) is 2.28. The smallest absolute Gasteiger partial charge is 0.136 e. The number of carbonyl (C=O) groups is 1. The van der Waals surface area contributed by atoms with Crippen LogP contribution >= 0.6 is 0 Å². The molecule has 0 aliphatic carbocycles. The maximum Gasteiger partial charge on any atom is 0.136 e. The van der Waals surface area contributed by atoms with Gasteiger partial charge in [-0.25, -0.2) is 0 Å². The number of hydrogen-bond acceptors (Lipinski definition) is 4. The van der Waals surface area contributed by atoms with Gasteiger partial charge in [0.25, 0.3) is 0 Å². The summed E-state index contributed by atoms with van der Waals surface area (Å²) in [5, 5.41) is 8.47. The standard InChI is InChI=1S/C13H20N2O2/c1-15-11-6-10(7-12(15)9-17-8-11)13(16)4-2-3-5-14/h10-12H,2-4,6-9H2,1H3. The maximum absolute atomic E-state index is 12.0. The van der Waals surface area contributed by atoms with Crippen LogP contribution in [0.4, 0.5) is 0 Å². The quantitative estimate of drug-likeness (QED) is 0.692. The summed E-state index contributed by atoms with van der Waals surface area (Å²) in [7, 11) is 2.13. The zero-order valence-corrected chi connectivity index (χ0v) is 10.4. The molecule has 0 N–H and O–H groups in total. The van der Waals surface area contributed by atoms with Crippen molar-refractivity contribution < 1.29 is 9.53 Å². The number of likely N-dealkylation sites (N-methyl/N-ethyl adjacent to an activating group) is 1. The Bertz CT molecular complexity index is 310. The fourth-order valence-corrected chi connectivity index (χ4v) is 2.90. The summed E-state index contributed by atoms with van der Waals surface area (Å²) in [6.07, 6.45) is 3.64. The molecule has 2 fully saturated rings. The van der Waals surface area contributed by atoms with E-state index in [0.29, 0.717) is 37.1 Å². The molecule has 0 amide bonds. The number of ketones is 1. The highest BCUT2D eigenvalue weighted by molar-refractivity contribution is 5.81. The van der Waals surface area contributed by atoms with Gasteiger partial charge in [-0.3, -0.25) is 9.69 Å². The number of nitrogens with zero attached hydrogens (tertiary/aromatic N) is 2. The fraction of sp³-hybridized carbons (Fsp3) is 0.846. The minimum atomic E-state index is 0.198. The van der Waals surface area contributed by atoms with E-state index in [4.69, 9.17) is 10.00 Å². The number of ether oxygens (including phenoxy) is 1. The van der Waals surface area contributed by atoms with E-state index in [0.717, 1.165) is 26.1 Å². The first-order valence-electron chi connectivity index (χ1n) is 6.41. The van der Waals surface area contributed by atoms with Crippen LogP contribution < -0.4 is 0 Å². The molecule has 2 rings (SSSR count). The Morgan fingerprint density at radius 1 is 1.41 bits per heavy atom. The normalized spacial score (nSPS) is 33.1. The Morgan fingerprint density at radius 2 is 2.06 bits per heavy atom. The van der Waals surface area contributed by atoms with Crippen LogP contribution in [0, 0.1) is 17.2 Å². The van der Waals surface area contributed by atoms with Gasteiger partial charge in [0.15, 0.2) is 0 Å². The predicted molar refractivity (Wildman–Crippen MR) is 63.4 cm³/mol. The molecule has 0 radical (unpaired) electrons. The third-order valence-electron chi connectivity index (χ3n) is 4.05. The minimum Gasteiger partial charge on any atom is -0.378 e. The molecule has 2 aliphatic rings. The largest absolute Gasteiger partial charge is 0.378 e. The molecule has 4 heteroatoms. The topological polar surface area (TPSA) is 53.3 Å². The van der Waals surface area contributed by atoms with Crippen molar-refractivity contribution in [3.63, 3.8) is 0 Å². The second-order valence-corrected chi connectivity index (χ2v) is 5.16. The molecule has 2 heterocycles. The molecule has 0 aromatic rings. The van der Waals surface area contributed by atoms with E-state index in [1.807, 2.05) is 0 Å². The summed E-state index contributed by atoms with van der Waals surface area (Å²) in [5.41, 5.74) is 0. The van der Waals surface area contributed by atoms with Crippen LogP contribution in [-0.4, -0.2) is 43.0 Å². The second kappa shape index (κ2) is 5.61. The summed E-state index contributed by atoms with van der Waals surface area (Å²) in [5.74, 6) is 0.550. The number of nitriles is 1. The van der Waals surface area contributed by atoms with Crippen LogP contribution in [-0.2, 0) is 9.53 Å². The van der Waals surface area contributed by atoms with E-state index < -0.39 is 0 Å². The summed E-state index contributed by atoms with van der Waals surface area (Å²) in [6.45, 7) is 1.52. The number of piperidine rings is 1. The molecule has 0 spiro atoms. The van der Waals surface area contributed by atoms with Gasteiger partial charge in [-0.2, -0.15) is 5.26 Å². The number of hydrogen-bond donors (Lipinski definition) is 0. The summed E-state index contributed by atoms with van der Waals surface area (Å²) >= 11 is 0. The van der Waals surface area contributed by atoms with E-state index in [1.165, 1.54) is 0 Å². The van der Waals surface area contributed by atoms with Gasteiger partial charge in [-0.15, -0.1) is 0 Å². The van der Waals surface area contributed by atoms with Crippen LogP contribution in [0.2, 0.25) is 0 Å². The highest BCUT2D eigenvalue weighted by atomic mass is 16.5. The average molecular weight is 236 g/mol. The lowest BCUT2D eigenvalue weighted by Gasteiger charge is -2.46. The van der Waals surface area contributed by atoms with Gasteiger partial charge < -0.3 is 4.74 Å². The van der Waals surface area contributed by atoms with Crippen LogP contribution in [0.5, 0.6) is 0 Å². The van der Waals surface area contributed by atoms with E-state index in [2.05, 4.69) is 18.0 Å². The van der Waals surface area contributed by atoms with Gasteiger partial charge in [0, 0.05) is 30.8 Å². The van der Waals surface area contributed by atoms with Gasteiger partial charge in [-0.05, 0) is 26.3 Å². The highest BCUT2D eigenvalue weighted by Gasteiger charge is 2.38. The van der Waals surface area contributed by atoms with E-state index in [9.17, 15) is 4.79 Å². The molecule has 2 bridgehead atoms. The number of fused-ring (bicyclic) bond motifs is 2. The Morgan fingerprint density at radius 3 is 2.65 bits per heavy atom. The van der Waals surface area contributed by atoms with Crippen molar-refractivity contribution in [2.45, 2.75) is 44.2 Å². The highest BCUT2D eigenvalue weighted by Crippen LogP contribution is 2.31. The number of rotatable bonds is 4. The molecule has 94 valence electrons. The van der Waals surface area contributed by atoms with Gasteiger partial charge in [0.1, 0.15) is 5.78 Å². The lowest BCUT2D eigenvalue weighted by Crippen LogP contribution is -2.55. The van der Waals surface area contributed by atoms with Crippen LogP contribution in [0.3, 0.4) is 0 Å². The summed E-state index contributed by atoms with van der Waals surface area (Å²) < 4.78 is 5.54. The van der Waals surface area contributed by atoms with Crippen LogP contribution in [0.15, 0.2) is 0 Å². The molecular weight excluding hydrogens is 216 g/mol. The molecule has 2 unspecified atom stereocenters. The third-order valence-corrected chi connectivity index (χ3v) is 4.05. The Hall–Kier alpha value is -0.920. The fourth-order valence-electron chi connectivity index (χ4n) is 2.90. The minimum absolute atomic E-state index is 0.198. The molecule has 0 saturated carbocycles.